The zero-order valence-corrected chi connectivity index (χ0v) is 19.7. The van der Waals surface area contributed by atoms with Gasteiger partial charge in [-0.2, -0.15) is 5.10 Å². The topological polar surface area (TPSA) is 83.8 Å². The van der Waals surface area contributed by atoms with Gasteiger partial charge >= 0.3 is 13.1 Å². The van der Waals surface area contributed by atoms with Gasteiger partial charge in [-0.25, -0.2) is 9.48 Å². The van der Waals surface area contributed by atoms with Gasteiger partial charge in [0.05, 0.1) is 23.9 Å². The van der Waals surface area contributed by atoms with Gasteiger partial charge in [0.15, 0.2) is 12.0 Å². The van der Waals surface area contributed by atoms with Gasteiger partial charge in [-0.05, 0) is 71.5 Å². The molecule has 2 fully saturated rings. The number of benzene rings is 1. The molecule has 1 unspecified atom stereocenters. The van der Waals surface area contributed by atoms with Crippen LogP contribution in [0.4, 0.5) is 11.5 Å². The van der Waals surface area contributed by atoms with Crippen LogP contribution in [0.5, 0.6) is 0 Å². The molecule has 0 bridgehead atoms. The van der Waals surface area contributed by atoms with Crippen molar-refractivity contribution in [1.82, 2.24) is 9.78 Å². The Balaban J connectivity index is 1.59. The van der Waals surface area contributed by atoms with Crippen molar-refractivity contribution in [2.24, 2.45) is 0 Å². The fraction of sp³-hybridized carbons (Fsp3) is 0.565. The molecule has 0 spiro atoms. The smallest absolute Gasteiger partial charge is 0.465 e. The zero-order chi connectivity index (χ0) is 23.1. The highest BCUT2D eigenvalue weighted by Crippen LogP contribution is 2.37. The molecule has 0 saturated carbocycles. The van der Waals surface area contributed by atoms with E-state index in [2.05, 4.69) is 10.4 Å². The molecule has 1 N–H and O–H groups in total. The summed E-state index contributed by atoms with van der Waals surface area (Å²) in [6, 6.07) is 7.44. The van der Waals surface area contributed by atoms with Crippen molar-refractivity contribution in [2.75, 3.05) is 19.0 Å². The maximum absolute atomic E-state index is 12.6. The van der Waals surface area contributed by atoms with Crippen molar-refractivity contribution in [3.8, 4) is 0 Å². The predicted octanol–water partition coefficient (Wildman–Crippen LogP) is 3.72. The standard InChI is InChI=1S/C23H32BN3O5/c1-15-13-19(26-27(15)20-9-7-8-12-30-20)25-16-10-11-18(17(14-16)21(28)29-6)24-31-22(2,3)23(4,5)32-24/h10-11,13-14,20H,7-9,12H2,1-6H3,(H,25,26). The van der Waals surface area contributed by atoms with Gasteiger partial charge in [-0.15, -0.1) is 0 Å². The molecule has 2 saturated heterocycles. The minimum Gasteiger partial charge on any atom is -0.465 e. The Kier molecular flexibility index (Phi) is 6.09. The average Bonchev–Trinajstić information content (AvgIpc) is 3.22. The Labute approximate surface area is 189 Å². The van der Waals surface area contributed by atoms with Crippen LogP contribution in [0.1, 0.15) is 69.2 Å². The highest BCUT2D eigenvalue weighted by Gasteiger charge is 2.52. The van der Waals surface area contributed by atoms with Crippen LogP contribution in [0.25, 0.3) is 0 Å². The number of anilines is 2. The second kappa shape index (κ2) is 8.54. The van der Waals surface area contributed by atoms with Gasteiger partial charge in [-0.3, -0.25) is 0 Å². The Morgan fingerprint density at radius 3 is 2.53 bits per heavy atom. The molecule has 8 nitrogen and oxygen atoms in total. The lowest BCUT2D eigenvalue weighted by atomic mass is 9.75. The quantitative estimate of drug-likeness (QED) is 0.559. The number of aryl methyl sites for hydroxylation is 1. The Hall–Kier alpha value is -2.36. The first kappa shape index (κ1) is 22.8. The molecule has 3 heterocycles. The van der Waals surface area contributed by atoms with Crippen LogP contribution in [-0.4, -0.2) is 47.8 Å². The van der Waals surface area contributed by atoms with Crippen LogP contribution < -0.4 is 10.8 Å². The first-order chi connectivity index (χ1) is 15.1. The number of nitrogens with one attached hydrogen (secondary N) is 1. The molecule has 4 rings (SSSR count). The van der Waals surface area contributed by atoms with Gasteiger partial charge in [-0.1, -0.05) is 6.07 Å². The molecule has 0 radical (unpaired) electrons. The third-order valence-electron chi connectivity index (χ3n) is 6.59. The highest BCUT2D eigenvalue weighted by atomic mass is 16.7. The van der Waals surface area contributed by atoms with E-state index in [9.17, 15) is 4.79 Å². The van der Waals surface area contributed by atoms with E-state index in [1.165, 1.54) is 7.11 Å². The molecule has 32 heavy (non-hydrogen) atoms. The Morgan fingerprint density at radius 1 is 1.19 bits per heavy atom. The summed E-state index contributed by atoms with van der Waals surface area (Å²) in [7, 11) is 0.708. The molecular formula is C23H32BN3O5. The van der Waals surface area contributed by atoms with E-state index in [1.807, 2.05) is 57.5 Å². The van der Waals surface area contributed by atoms with E-state index in [4.69, 9.17) is 18.8 Å². The Morgan fingerprint density at radius 2 is 1.91 bits per heavy atom. The lowest BCUT2D eigenvalue weighted by Crippen LogP contribution is -2.41. The van der Waals surface area contributed by atoms with Crippen molar-refractivity contribution in [2.45, 2.75) is 71.3 Å². The summed E-state index contributed by atoms with van der Waals surface area (Å²) in [5, 5.41) is 7.97. The summed E-state index contributed by atoms with van der Waals surface area (Å²) in [5.74, 6) is 0.242. The van der Waals surface area contributed by atoms with E-state index in [0.29, 0.717) is 16.8 Å². The average molecular weight is 441 g/mol. The predicted molar refractivity (Wildman–Crippen MR) is 123 cm³/mol. The number of carbonyl (C=O) groups is 1. The normalized spacial score (nSPS) is 22.1. The molecule has 2 aliphatic rings. The summed E-state index contributed by atoms with van der Waals surface area (Å²) >= 11 is 0. The zero-order valence-electron chi connectivity index (χ0n) is 19.7. The van der Waals surface area contributed by atoms with Crippen LogP contribution in [0.2, 0.25) is 0 Å². The number of rotatable bonds is 5. The fourth-order valence-electron chi connectivity index (χ4n) is 4.00. The summed E-state index contributed by atoms with van der Waals surface area (Å²) < 4.78 is 25.1. The third-order valence-corrected chi connectivity index (χ3v) is 6.59. The monoisotopic (exact) mass is 441 g/mol. The summed E-state index contributed by atoms with van der Waals surface area (Å²) in [6.07, 6.45) is 3.15. The van der Waals surface area contributed by atoms with Crippen LogP contribution in [-0.2, 0) is 18.8 Å². The van der Waals surface area contributed by atoms with E-state index in [0.717, 1.165) is 37.3 Å². The summed E-state index contributed by atoms with van der Waals surface area (Å²) in [4.78, 5) is 12.6. The molecule has 1 aromatic carbocycles. The number of ether oxygens (including phenoxy) is 2. The molecule has 172 valence electrons. The number of hydrogen-bond acceptors (Lipinski definition) is 7. The van der Waals surface area contributed by atoms with E-state index >= 15 is 0 Å². The number of carbonyl (C=O) groups excluding carboxylic acids is 1. The summed E-state index contributed by atoms with van der Waals surface area (Å²) in [5.41, 5.74) is 1.75. The molecular weight excluding hydrogens is 409 g/mol. The number of methoxy groups -OCH3 is 1. The largest absolute Gasteiger partial charge is 0.495 e. The maximum Gasteiger partial charge on any atom is 0.495 e. The van der Waals surface area contributed by atoms with Crippen molar-refractivity contribution in [3.63, 3.8) is 0 Å². The molecule has 1 atom stereocenters. The highest BCUT2D eigenvalue weighted by molar-refractivity contribution is 6.63. The SMILES string of the molecule is COC(=O)c1cc(Nc2cc(C)n(C3CCCCO3)n2)ccc1B1OC(C)(C)C(C)(C)O1. The van der Waals surface area contributed by atoms with Crippen LogP contribution >= 0.6 is 0 Å². The van der Waals surface area contributed by atoms with E-state index in [-0.39, 0.29) is 6.23 Å². The number of hydrogen-bond donors (Lipinski definition) is 1. The molecule has 2 aliphatic heterocycles. The molecule has 0 aliphatic carbocycles. The van der Waals surface area contributed by atoms with Crippen molar-refractivity contribution >= 4 is 30.1 Å². The van der Waals surface area contributed by atoms with Crippen molar-refractivity contribution in [3.05, 3.63) is 35.5 Å². The van der Waals surface area contributed by atoms with Gasteiger partial charge in [0.25, 0.3) is 0 Å². The fourth-order valence-corrected chi connectivity index (χ4v) is 4.00. The number of aromatic nitrogens is 2. The Bertz CT molecular complexity index is 982. The number of nitrogens with zero attached hydrogens (tertiary/aromatic N) is 2. The van der Waals surface area contributed by atoms with Gasteiger partial charge in [0, 0.05) is 24.1 Å². The minimum absolute atomic E-state index is 0.0318. The first-order valence-corrected chi connectivity index (χ1v) is 11.1. The third kappa shape index (κ3) is 4.29. The maximum atomic E-state index is 12.6. The van der Waals surface area contributed by atoms with Gasteiger partial charge in [0.1, 0.15) is 0 Å². The van der Waals surface area contributed by atoms with Crippen LogP contribution in [0.15, 0.2) is 24.3 Å². The first-order valence-electron chi connectivity index (χ1n) is 11.1. The van der Waals surface area contributed by atoms with Gasteiger partial charge < -0.3 is 24.1 Å². The van der Waals surface area contributed by atoms with Crippen molar-refractivity contribution in [1.29, 1.82) is 0 Å². The molecule has 9 heteroatoms. The van der Waals surface area contributed by atoms with Crippen LogP contribution in [0, 0.1) is 6.92 Å². The molecule has 2 aromatic rings. The summed E-state index contributed by atoms with van der Waals surface area (Å²) in [6.45, 7) is 10.7. The van der Waals surface area contributed by atoms with E-state index < -0.39 is 24.3 Å². The lowest BCUT2D eigenvalue weighted by molar-refractivity contribution is -0.0404. The van der Waals surface area contributed by atoms with Gasteiger partial charge in [0.2, 0.25) is 0 Å². The van der Waals surface area contributed by atoms with E-state index in [1.54, 1.807) is 6.07 Å². The second-order valence-electron chi connectivity index (χ2n) is 9.44. The molecule has 0 amide bonds. The minimum atomic E-state index is -0.659. The molecule has 1 aromatic heterocycles. The second-order valence-corrected chi connectivity index (χ2v) is 9.44. The number of esters is 1. The van der Waals surface area contributed by atoms with Crippen molar-refractivity contribution < 1.29 is 23.6 Å². The lowest BCUT2D eigenvalue weighted by Gasteiger charge is -2.32. The van der Waals surface area contributed by atoms with Crippen LogP contribution in [0.3, 0.4) is 0 Å².